The van der Waals surface area contributed by atoms with Gasteiger partial charge in [-0.15, -0.1) is 0 Å². The van der Waals surface area contributed by atoms with Gasteiger partial charge in [-0.2, -0.15) is 0 Å². The summed E-state index contributed by atoms with van der Waals surface area (Å²) in [5.74, 6) is 0.612. The first-order chi connectivity index (χ1) is 15.7. The topological polar surface area (TPSA) is 50.8 Å². The van der Waals surface area contributed by atoms with E-state index in [1.165, 1.54) is 12.1 Å². The van der Waals surface area contributed by atoms with Gasteiger partial charge in [-0.05, 0) is 29.8 Å². The van der Waals surface area contributed by atoms with Crippen molar-refractivity contribution in [2.75, 3.05) is 32.8 Å². The molecule has 1 amide bonds. The summed E-state index contributed by atoms with van der Waals surface area (Å²) < 4.78 is 25.0. The van der Waals surface area contributed by atoms with Gasteiger partial charge in [0.2, 0.25) is 5.91 Å². The molecule has 0 unspecified atom stereocenters. The molecule has 3 aromatic carbocycles. The number of para-hydroxylation sites is 2. The molecule has 1 N–H and O–H groups in total. The van der Waals surface area contributed by atoms with Gasteiger partial charge >= 0.3 is 0 Å². The number of halogens is 1. The number of fused-ring (bicyclic) bond motifs is 2. The fourth-order valence-corrected chi connectivity index (χ4v) is 4.52. The Balaban J connectivity index is 1.40. The van der Waals surface area contributed by atoms with E-state index in [0.717, 1.165) is 29.8 Å². The smallest absolute Gasteiger partial charge is 0.232 e. The van der Waals surface area contributed by atoms with Crippen molar-refractivity contribution in [3.63, 3.8) is 0 Å². The minimum absolute atomic E-state index is 0.0613. The lowest BCUT2D eigenvalue weighted by atomic mass is 9.87. The Bertz CT molecular complexity index is 1050. The molecule has 2 aliphatic heterocycles. The number of hydrogen-bond donors (Lipinski definition) is 1. The van der Waals surface area contributed by atoms with Crippen LogP contribution in [0.2, 0.25) is 0 Å². The number of carbonyl (C=O) groups is 1. The van der Waals surface area contributed by atoms with Crippen molar-refractivity contribution < 1.29 is 18.7 Å². The van der Waals surface area contributed by atoms with E-state index in [-0.39, 0.29) is 17.8 Å². The number of benzene rings is 3. The average molecular weight is 432 g/mol. The highest BCUT2D eigenvalue weighted by molar-refractivity contribution is 5.89. The van der Waals surface area contributed by atoms with Crippen molar-refractivity contribution in [2.45, 2.75) is 12.0 Å². The van der Waals surface area contributed by atoms with Crippen LogP contribution in [0, 0.1) is 5.82 Å². The van der Waals surface area contributed by atoms with Crippen LogP contribution in [0.5, 0.6) is 11.5 Å². The molecule has 1 atom stereocenters. The van der Waals surface area contributed by atoms with Gasteiger partial charge in [0, 0.05) is 30.8 Å². The van der Waals surface area contributed by atoms with Crippen LogP contribution in [0.15, 0.2) is 72.8 Å². The molecule has 3 aromatic rings. The SMILES string of the molecule is O=C(NC[C@@H](c1ccc(F)cc1)N1CCOCC1)C1c2ccccc2Oc2ccccc21. The molecule has 1 saturated heterocycles. The molecule has 32 heavy (non-hydrogen) atoms. The molecule has 164 valence electrons. The van der Waals surface area contributed by atoms with Gasteiger partial charge < -0.3 is 14.8 Å². The normalized spacial score (nSPS) is 17.0. The molecule has 0 aliphatic carbocycles. The van der Waals surface area contributed by atoms with E-state index in [4.69, 9.17) is 9.47 Å². The number of hydrogen-bond acceptors (Lipinski definition) is 4. The van der Waals surface area contributed by atoms with Gasteiger partial charge in [0.05, 0.1) is 25.2 Å². The van der Waals surface area contributed by atoms with Gasteiger partial charge in [-0.25, -0.2) is 4.39 Å². The fraction of sp³-hybridized carbons (Fsp3) is 0.269. The summed E-state index contributed by atoms with van der Waals surface area (Å²) in [6.07, 6.45) is 0. The van der Waals surface area contributed by atoms with Crippen LogP contribution >= 0.6 is 0 Å². The van der Waals surface area contributed by atoms with Crippen LogP contribution in [-0.2, 0) is 9.53 Å². The maximum Gasteiger partial charge on any atom is 0.232 e. The summed E-state index contributed by atoms with van der Waals surface area (Å²) in [7, 11) is 0. The molecule has 0 radical (unpaired) electrons. The molecule has 0 spiro atoms. The minimum atomic E-state index is -0.449. The zero-order valence-corrected chi connectivity index (χ0v) is 17.7. The average Bonchev–Trinajstić information content (AvgIpc) is 2.84. The van der Waals surface area contributed by atoms with Gasteiger partial charge in [0.1, 0.15) is 17.3 Å². The first-order valence-electron chi connectivity index (χ1n) is 10.9. The molecule has 5 rings (SSSR count). The van der Waals surface area contributed by atoms with Gasteiger partial charge in [-0.3, -0.25) is 9.69 Å². The highest BCUT2D eigenvalue weighted by atomic mass is 19.1. The summed E-state index contributed by atoms with van der Waals surface area (Å²) in [4.78, 5) is 15.8. The van der Waals surface area contributed by atoms with Crippen LogP contribution < -0.4 is 10.1 Å². The highest BCUT2D eigenvalue weighted by Gasteiger charge is 2.33. The summed E-state index contributed by atoms with van der Waals surface area (Å²) in [5.41, 5.74) is 2.68. The number of nitrogens with zero attached hydrogens (tertiary/aromatic N) is 1. The van der Waals surface area contributed by atoms with Gasteiger partial charge in [0.15, 0.2) is 0 Å². The molecular formula is C26H25FN2O3. The first-order valence-corrected chi connectivity index (χ1v) is 10.9. The summed E-state index contributed by atoms with van der Waals surface area (Å²) in [5, 5.41) is 3.17. The third kappa shape index (κ3) is 4.11. The molecule has 2 aliphatic rings. The van der Waals surface area contributed by atoms with E-state index in [2.05, 4.69) is 10.2 Å². The van der Waals surface area contributed by atoms with Crippen LogP contribution in [0.1, 0.15) is 28.7 Å². The van der Waals surface area contributed by atoms with E-state index < -0.39 is 5.92 Å². The van der Waals surface area contributed by atoms with Crippen molar-refractivity contribution in [1.29, 1.82) is 0 Å². The molecule has 5 nitrogen and oxygen atoms in total. The second kappa shape index (κ2) is 9.10. The number of ether oxygens (including phenoxy) is 2. The lowest BCUT2D eigenvalue weighted by Gasteiger charge is -2.35. The van der Waals surface area contributed by atoms with E-state index in [1.54, 1.807) is 12.1 Å². The summed E-state index contributed by atoms with van der Waals surface area (Å²) in [6, 6.07) is 21.8. The predicted octanol–water partition coefficient (Wildman–Crippen LogP) is 4.25. The number of amides is 1. The zero-order chi connectivity index (χ0) is 21.9. The van der Waals surface area contributed by atoms with Gasteiger partial charge in [0.25, 0.3) is 0 Å². The van der Waals surface area contributed by atoms with E-state index in [1.807, 2.05) is 48.5 Å². The zero-order valence-electron chi connectivity index (χ0n) is 17.7. The van der Waals surface area contributed by atoms with E-state index in [9.17, 15) is 9.18 Å². The molecule has 1 fully saturated rings. The Morgan fingerprint density at radius 1 is 0.938 bits per heavy atom. The quantitative estimate of drug-likeness (QED) is 0.655. The Morgan fingerprint density at radius 2 is 1.53 bits per heavy atom. The Kier molecular flexibility index (Phi) is 5.88. The van der Waals surface area contributed by atoms with Crippen LogP contribution in [0.3, 0.4) is 0 Å². The third-order valence-corrected chi connectivity index (χ3v) is 6.15. The molecule has 6 heteroatoms. The maximum absolute atomic E-state index is 13.5. The van der Waals surface area contributed by atoms with Crippen molar-refractivity contribution in [1.82, 2.24) is 10.2 Å². The largest absolute Gasteiger partial charge is 0.457 e. The number of morpholine rings is 1. The Morgan fingerprint density at radius 3 is 2.16 bits per heavy atom. The second-order valence-corrected chi connectivity index (χ2v) is 8.07. The molecule has 0 bridgehead atoms. The van der Waals surface area contributed by atoms with Crippen molar-refractivity contribution in [2.24, 2.45) is 0 Å². The minimum Gasteiger partial charge on any atom is -0.457 e. The van der Waals surface area contributed by atoms with Gasteiger partial charge in [-0.1, -0.05) is 48.5 Å². The van der Waals surface area contributed by atoms with E-state index >= 15 is 0 Å². The van der Waals surface area contributed by atoms with Crippen LogP contribution in [-0.4, -0.2) is 43.7 Å². The van der Waals surface area contributed by atoms with Crippen LogP contribution in [0.25, 0.3) is 0 Å². The molecule has 0 aromatic heterocycles. The monoisotopic (exact) mass is 432 g/mol. The fourth-order valence-electron chi connectivity index (χ4n) is 4.52. The lowest BCUT2D eigenvalue weighted by molar-refractivity contribution is -0.122. The summed E-state index contributed by atoms with van der Waals surface area (Å²) >= 11 is 0. The second-order valence-electron chi connectivity index (χ2n) is 8.07. The number of nitrogens with one attached hydrogen (secondary N) is 1. The van der Waals surface area contributed by atoms with E-state index in [0.29, 0.717) is 31.3 Å². The lowest BCUT2D eigenvalue weighted by Crippen LogP contribution is -2.44. The standard InChI is InChI=1S/C26H25FN2O3/c27-19-11-9-18(10-12-19)22(29-13-15-31-16-14-29)17-28-26(30)25-20-5-1-3-7-23(20)32-24-8-4-2-6-21(24)25/h1-12,22,25H,13-17H2,(H,28,30)/t22-/m0/s1. The Hall–Kier alpha value is -3.22. The predicted molar refractivity (Wildman–Crippen MR) is 119 cm³/mol. The van der Waals surface area contributed by atoms with Crippen molar-refractivity contribution in [3.05, 3.63) is 95.3 Å². The first kappa shape index (κ1) is 20.7. The van der Waals surface area contributed by atoms with Crippen LogP contribution in [0.4, 0.5) is 4.39 Å². The number of carbonyl (C=O) groups excluding carboxylic acids is 1. The Labute approximate surface area is 186 Å². The van der Waals surface area contributed by atoms with Crippen molar-refractivity contribution >= 4 is 5.91 Å². The van der Waals surface area contributed by atoms with Crippen molar-refractivity contribution in [3.8, 4) is 11.5 Å². The molecule has 0 saturated carbocycles. The number of rotatable bonds is 5. The molecule has 2 heterocycles. The summed E-state index contributed by atoms with van der Waals surface area (Å²) in [6.45, 7) is 3.24. The third-order valence-electron chi connectivity index (χ3n) is 6.15. The highest BCUT2D eigenvalue weighted by Crippen LogP contribution is 2.43. The maximum atomic E-state index is 13.5. The molecular weight excluding hydrogens is 407 g/mol.